The van der Waals surface area contributed by atoms with Crippen LogP contribution < -0.4 is 5.32 Å². The maximum atomic E-state index is 12.6. The van der Waals surface area contributed by atoms with Gasteiger partial charge in [-0.25, -0.2) is 4.98 Å². The number of hydrogen-bond acceptors (Lipinski definition) is 6. The molecule has 1 saturated carbocycles. The smallest absolute Gasteiger partial charge is 0.236 e. The van der Waals surface area contributed by atoms with E-state index in [-0.39, 0.29) is 11.7 Å². The van der Waals surface area contributed by atoms with Gasteiger partial charge in [-0.1, -0.05) is 65.3 Å². The number of rotatable bonds is 8. The number of halogens is 2. The van der Waals surface area contributed by atoms with E-state index in [4.69, 9.17) is 23.2 Å². The molecule has 2 aromatic heterocycles. The first-order valence-electron chi connectivity index (χ1n) is 10.8. The van der Waals surface area contributed by atoms with Crippen LogP contribution in [0.1, 0.15) is 36.6 Å². The molecule has 1 N–H and O–H groups in total. The molecule has 0 bridgehead atoms. The van der Waals surface area contributed by atoms with Gasteiger partial charge in [-0.3, -0.25) is 4.79 Å². The molecule has 10 heteroatoms. The third-order valence-electron chi connectivity index (χ3n) is 5.70. The zero-order valence-electron chi connectivity index (χ0n) is 18.2. The zero-order chi connectivity index (χ0) is 23.7. The first kappa shape index (κ1) is 23.4. The number of benzene rings is 2. The van der Waals surface area contributed by atoms with Gasteiger partial charge in [0.05, 0.1) is 16.5 Å². The first-order valence-corrected chi connectivity index (χ1v) is 13.5. The number of amides is 1. The summed E-state index contributed by atoms with van der Waals surface area (Å²) in [6.07, 6.45) is 1.08. The fourth-order valence-electron chi connectivity index (χ4n) is 3.96. The highest BCUT2D eigenvalue weighted by molar-refractivity contribution is 7.99. The standard InChI is InChI=1S/C24H21Cl2N5OS2/c1-2-31-22(18-11-17(18)14-6-4-3-5-7-14)29-30-24(31)34-13-21(32)28-23-27-20(12-33-23)16-9-8-15(25)10-19(16)26/h3-10,12,17-18H,2,11,13H2,1H3,(H,27,28,32). The summed E-state index contributed by atoms with van der Waals surface area (Å²) in [5, 5.41) is 15.9. The highest BCUT2D eigenvalue weighted by atomic mass is 35.5. The van der Waals surface area contributed by atoms with Gasteiger partial charge in [-0.2, -0.15) is 0 Å². The first-order chi connectivity index (χ1) is 16.5. The third kappa shape index (κ3) is 5.00. The van der Waals surface area contributed by atoms with Crippen LogP contribution in [0.15, 0.2) is 59.1 Å². The molecule has 0 saturated heterocycles. The second-order valence-electron chi connectivity index (χ2n) is 7.94. The minimum Gasteiger partial charge on any atom is -0.306 e. The molecule has 174 valence electrons. The Hall–Kier alpha value is -2.39. The molecular weight excluding hydrogens is 509 g/mol. The van der Waals surface area contributed by atoms with Gasteiger partial charge >= 0.3 is 0 Å². The summed E-state index contributed by atoms with van der Waals surface area (Å²) in [5.41, 5.74) is 2.81. The molecule has 0 aliphatic heterocycles. The van der Waals surface area contributed by atoms with Crippen LogP contribution in [-0.2, 0) is 11.3 Å². The average molecular weight is 531 g/mol. The number of thioether (sulfide) groups is 1. The predicted octanol–water partition coefficient (Wildman–Crippen LogP) is 6.73. The van der Waals surface area contributed by atoms with Crippen molar-refractivity contribution in [1.82, 2.24) is 19.7 Å². The van der Waals surface area contributed by atoms with Crippen LogP contribution >= 0.6 is 46.3 Å². The summed E-state index contributed by atoms with van der Waals surface area (Å²) >= 11 is 15.0. The van der Waals surface area contributed by atoms with Crippen LogP contribution in [0.5, 0.6) is 0 Å². The van der Waals surface area contributed by atoms with Crippen molar-refractivity contribution >= 4 is 57.3 Å². The number of aromatic nitrogens is 4. The Labute approximate surface area is 215 Å². The zero-order valence-corrected chi connectivity index (χ0v) is 21.4. The van der Waals surface area contributed by atoms with Crippen molar-refractivity contribution in [3.05, 3.63) is 75.3 Å². The molecule has 1 fully saturated rings. The van der Waals surface area contributed by atoms with E-state index < -0.39 is 0 Å². The van der Waals surface area contributed by atoms with E-state index in [1.807, 2.05) is 17.5 Å². The molecule has 2 unspecified atom stereocenters. The molecule has 2 atom stereocenters. The number of nitrogens with zero attached hydrogens (tertiary/aromatic N) is 4. The van der Waals surface area contributed by atoms with Crippen LogP contribution in [0.2, 0.25) is 10.0 Å². The Bertz CT molecular complexity index is 1320. The highest BCUT2D eigenvalue weighted by Crippen LogP contribution is 2.54. The van der Waals surface area contributed by atoms with Crippen LogP contribution in [0.4, 0.5) is 5.13 Å². The van der Waals surface area contributed by atoms with E-state index in [1.165, 1.54) is 28.7 Å². The molecule has 5 rings (SSSR count). The van der Waals surface area contributed by atoms with Crippen LogP contribution in [-0.4, -0.2) is 31.4 Å². The van der Waals surface area contributed by atoms with Crippen LogP contribution in [0.25, 0.3) is 11.3 Å². The lowest BCUT2D eigenvalue weighted by atomic mass is 10.1. The Kier molecular flexibility index (Phi) is 6.92. The second kappa shape index (κ2) is 10.1. The summed E-state index contributed by atoms with van der Waals surface area (Å²) in [6, 6.07) is 15.8. The summed E-state index contributed by atoms with van der Waals surface area (Å²) in [7, 11) is 0. The number of anilines is 1. The molecule has 34 heavy (non-hydrogen) atoms. The van der Waals surface area contributed by atoms with Gasteiger partial charge in [0, 0.05) is 28.4 Å². The lowest BCUT2D eigenvalue weighted by molar-refractivity contribution is -0.113. The van der Waals surface area contributed by atoms with E-state index >= 15 is 0 Å². The SMILES string of the molecule is CCn1c(SCC(=O)Nc2nc(-c3ccc(Cl)cc3Cl)cs2)nnc1C1CC1c1ccccc1. The molecule has 4 aromatic rings. The lowest BCUT2D eigenvalue weighted by Gasteiger charge is -2.07. The molecule has 1 aliphatic rings. The maximum absolute atomic E-state index is 12.6. The molecule has 0 radical (unpaired) electrons. The van der Waals surface area contributed by atoms with Crippen molar-refractivity contribution in [2.45, 2.75) is 36.9 Å². The van der Waals surface area contributed by atoms with E-state index in [0.29, 0.717) is 32.7 Å². The van der Waals surface area contributed by atoms with Crippen molar-refractivity contribution in [3.63, 3.8) is 0 Å². The number of nitrogens with one attached hydrogen (secondary N) is 1. The van der Waals surface area contributed by atoms with E-state index in [1.54, 1.807) is 12.1 Å². The van der Waals surface area contributed by atoms with Crippen molar-refractivity contribution < 1.29 is 4.79 Å². The van der Waals surface area contributed by atoms with Gasteiger partial charge in [0.2, 0.25) is 5.91 Å². The monoisotopic (exact) mass is 529 g/mol. The quantitative estimate of drug-likeness (QED) is 0.256. The normalized spacial score (nSPS) is 17.0. The number of thiazole rings is 1. The molecular formula is C24H21Cl2N5OS2. The van der Waals surface area contributed by atoms with Crippen molar-refractivity contribution in [2.75, 3.05) is 11.1 Å². The van der Waals surface area contributed by atoms with Gasteiger partial charge in [-0.05, 0) is 43.0 Å². The van der Waals surface area contributed by atoms with Gasteiger partial charge in [0.25, 0.3) is 0 Å². The van der Waals surface area contributed by atoms with E-state index in [2.05, 4.69) is 56.3 Å². The highest BCUT2D eigenvalue weighted by Gasteiger charge is 2.43. The fraction of sp³-hybridized carbons (Fsp3) is 0.250. The fourth-order valence-corrected chi connectivity index (χ4v) is 6.01. The van der Waals surface area contributed by atoms with Gasteiger partial charge < -0.3 is 9.88 Å². The minimum absolute atomic E-state index is 0.145. The topological polar surface area (TPSA) is 72.7 Å². The number of carbonyl (C=O) groups is 1. The van der Waals surface area contributed by atoms with E-state index in [0.717, 1.165) is 29.5 Å². The Morgan fingerprint density at radius 1 is 1.18 bits per heavy atom. The van der Waals surface area contributed by atoms with Crippen LogP contribution in [0, 0.1) is 0 Å². The predicted molar refractivity (Wildman–Crippen MR) is 139 cm³/mol. The van der Waals surface area contributed by atoms with Crippen molar-refractivity contribution in [1.29, 1.82) is 0 Å². The van der Waals surface area contributed by atoms with Gasteiger partial charge in [0.15, 0.2) is 10.3 Å². The molecule has 1 aliphatic carbocycles. The Balaban J connectivity index is 1.20. The molecule has 2 aromatic carbocycles. The summed E-state index contributed by atoms with van der Waals surface area (Å²) < 4.78 is 2.12. The lowest BCUT2D eigenvalue weighted by Crippen LogP contribution is -2.14. The Morgan fingerprint density at radius 3 is 2.76 bits per heavy atom. The molecule has 2 heterocycles. The molecule has 0 spiro atoms. The van der Waals surface area contributed by atoms with Gasteiger partial charge in [0.1, 0.15) is 5.82 Å². The maximum Gasteiger partial charge on any atom is 0.236 e. The number of hydrogen-bond donors (Lipinski definition) is 1. The molecule has 1 amide bonds. The summed E-state index contributed by atoms with van der Waals surface area (Å²) in [6.45, 7) is 2.85. The van der Waals surface area contributed by atoms with Crippen LogP contribution in [0.3, 0.4) is 0 Å². The minimum atomic E-state index is -0.145. The average Bonchev–Trinajstić information content (AvgIpc) is 3.31. The third-order valence-corrected chi connectivity index (χ3v) is 7.97. The summed E-state index contributed by atoms with van der Waals surface area (Å²) in [5.74, 6) is 1.95. The van der Waals surface area contributed by atoms with Crippen molar-refractivity contribution in [3.8, 4) is 11.3 Å². The molecule has 6 nitrogen and oxygen atoms in total. The van der Waals surface area contributed by atoms with Crippen molar-refractivity contribution in [2.24, 2.45) is 0 Å². The Morgan fingerprint density at radius 2 is 2.00 bits per heavy atom. The van der Waals surface area contributed by atoms with E-state index in [9.17, 15) is 4.79 Å². The largest absolute Gasteiger partial charge is 0.306 e. The number of carbonyl (C=O) groups excluding carboxylic acids is 1. The second-order valence-corrected chi connectivity index (χ2v) is 10.6. The van der Waals surface area contributed by atoms with Gasteiger partial charge in [-0.15, -0.1) is 21.5 Å². The summed E-state index contributed by atoms with van der Waals surface area (Å²) in [4.78, 5) is 17.1.